The second-order valence-corrected chi connectivity index (χ2v) is 4.38. The third-order valence-corrected chi connectivity index (χ3v) is 3.16. The van der Waals surface area contributed by atoms with Crippen LogP contribution in [0.2, 0.25) is 0 Å². The third-order valence-electron chi connectivity index (χ3n) is 2.35. The molecule has 2 aliphatic heterocycles. The van der Waals surface area contributed by atoms with E-state index in [1.807, 2.05) is 0 Å². The molecular weight excluding hydrogens is 306 g/mol. The van der Waals surface area contributed by atoms with E-state index in [-0.39, 0.29) is 24.8 Å². The number of morpholine rings is 2. The minimum Gasteiger partial charge on any atom is -0.379 e. The first-order valence-corrected chi connectivity index (χ1v) is 6.62. The van der Waals surface area contributed by atoms with Crippen LogP contribution in [0.15, 0.2) is 0 Å². The highest BCUT2D eigenvalue weighted by Gasteiger charge is 2.18. The molecule has 7 nitrogen and oxygen atoms in total. The van der Waals surface area contributed by atoms with Crippen molar-refractivity contribution in [3.63, 3.8) is 0 Å². The highest BCUT2D eigenvalue weighted by Crippen LogP contribution is 2.27. The first-order chi connectivity index (χ1) is 7.84. The lowest BCUT2D eigenvalue weighted by atomic mass is 10.5. The molecule has 0 aromatic heterocycles. The summed E-state index contributed by atoms with van der Waals surface area (Å²) in [6.45, 7) is 4.93. The van der Waals surface area contributed by atoms with Gasteiger partial charge in [-0.2, -0.15) is 10.1 Å². The highest BCUT2D eigenvalue weighted by molar-refractivity contribution is 7.33. The van der Waals surface area contributed by atoms with Crippen molar-refractivity contribution in [2.75, 3.05) is 52.6 Å². The standard InChI is InChI=1S/C8H17N2O5P.2ClH/c11-16(14-9-1-5-12-6-2-9)15-10-3-7-13-8-4-10;;/h16H,1-8H2;2*1H. The summed E-state index contributed by atoms with van der Waals surface area (Å²) in [5, 5.41) is 3.26. The Balaban J connectivity index is 0.00000144. The third kappa shape index (κ3) is 6.65. The molecule has 2 saturated heterocycles. The molecule has 0 atom stereocenters. The summed E-state index contributed by atoms with van der Waals surface area (Å²) in [4.78, 5) is 0. The minimum atomic E-state index is -2.50. The summed E-state index contributed by atoms with van der Waals surface area (Å²) in [7, 11) is -2.50. The van der Waals surface area contributed by atoms with Crippen molar-refractivity contribution in [3.8, 4) is 0 Å². The molecule has 0 bridgehead atoms. The second-order valence-electron chi connectivity index (χ2n) is 3.52. The van der Waals surface area contributed by atoms with Crippen molar-refractivity contribution in [1.82, 2.24) is 10.1 Å². The van der Waals surface area contributed by atoms with E-state index in [1.165, 1.54) is 0 Å². The monoisotopic (exact) mass is 324 g/mol. The van der Waals surface area contributed by atoms with Gasteiger partial charge in [-0.15, -0.1) is 24.8 Å². The molecule has 10 heteroatoms. The predicted octanol–water partition coefficient (Wildman–Crippen LogP) is 0.747. The van der Waals surface area contributed by atoms with Crippen LogP contribution in [0.4, 0.5) is 0 Å². The van der Waals surface area contributed by atoms with Gasteiger partial charge < -0.3 is 9.47 Å². The van der Waals surface area contributed by atoms with Crippen molar-refractivity contribution in [2.45, 2.75) is 0 Å². The molecule has 18 heavy (non-hydrogen) atoms. The summed E-state index contributed by atoms with van der Waals surface area (Å²) in [6.07, 6.45) is 0. The van der Waals surface area contributed by atoms with Gasteiger partial charge in [-0.3, -0.25) is 4.57 Å². The maximum atomic E-state index is 11.6. The largest absolute Gasteiger partial charge is 0.379 e. The van der Waals surface area contributed by atoms with E-state index < -0.39 is 8.25 Å². The summed E-state index contributed by atoms with van der Waals surface area (Å²) < 4.78 is 32.2. The average Bonchev–Trinajstić information content (AvgIpc) is 2.31. The maximum Gasteiger partial charge on any atom is 0.352 e. The van der Waals surface area contributed by atoms with Gasteiger partial charge in [-0.1, -0.05) is 0 Å². The Bertz CT molecular complexity index is 218. The Morgan fingerprint density at radius 1 is 0.778 bits per heavy atom. The van der Waals surface area contributed by atoms with Crippen LogP contribution >= 0.6 is 33.1 Å². The van der Waals surface area contributed by atoms with Gasteiger partial charge in [0.05, 0.1) is 26.4 Å². The number of nitrogens with zero attached hydrogens (tertiary/aromatic N) is 2. The quantitative estimate of drug-likeness (QED) is 0.707. The summed E-state index contributed by atoms with van der Waals surface area (Å²) in [6, 6.07) is 0. The normalized spacial score (nSPS) is 22.3. The van der Waals surface area contributed by atoms with Gasteiger partial charge in [0, 0.05) is 26.2 Å². The SMILES string of the molecule is Cl.Cl.O=[PH](ON1CCOCC1)ON1CCOCC1. The Hall–Kier alpha value is 0.570. The van der Waals surface area contributed by atoms with Crippen LogP contribution in [0, 0.1) is 0 Å². The Labute approximate surface area is 119 Å². The molecule has 0 amide bonds. The van der Waals surface area contributed by atoms with Gasteiger partial charge in [0.25, 0.3) is 0 Å². The molecule has 0 saturated carbocycles. The molecule has 110 valence electrons. The van der Waals surface area contributed by atoms with Crippen LogP contribution in [0.25, 0.3) is 0 Å². The van der Waals surface area contributed by atoms with E-state index in [0.29, 0.717) is 52.6 Å². The van der Waals surface area contributed by atoms with Gasteiger partial charge in [-0.05, 0) is 0 Å². The molecule has 0 aliphatic carbocycles. The molecule has 2 rings (SSSR count). The molecule has 0 spiro atoms. The lowest BCUT2D eigenvalue weighted by Gasteiger charge is -2.28. The van der Waals surface area contributed by atoms with Crippen LogP contribution in [0.1, 0.15) is 0 Å². The zero-order valence-corrected chi connectivity index (χ0v) is 12.5. The van der Waals surface area contributed by atoms with Crippen LogP contribution in [0.5, 0.6) is 0 Å². The molecule has 2 aliphatic rings. The maximum absolute atomic E-state index is 11.6. The molecule has 0 N–H and O–H groups in total. The Morgan fingerprint density at radius 2 is 1.11 bits per heavy atom. The van der Waals surface area contributed by atoms with Crippen LogP contribution in [0.3, 0.4) is 0 Å². The molecule has 2 heterocycles. The van der Waals surface area contributed by atoms with E-state index in [9.17, 15) is 4.57 Å². The number of hydrogen-bond acceptors (Lipinski definition) is 7. The zero-order valence-electron chi connectivity index (χ0n) is 9.91. The Morgan fingerprint density at radius 3 is 1.44 bits per heavy atom. The summed E-state index contributed by atoms with van der Waals surface area (Å²) in [5.74, 6) is 0. The van der Waals surface area contributed by atoms with Gasteiger partial charge in [0.1, 0.15) is 0 Å². The first kappa shape index (κ1) is 18.6. The number of halogens is 2. The number of hydroxylamine groups is 4. The lowest BCUT2D eigenvalue weighted by Crippen LogP contribution is -2.37. The molecule has 0 aromatic carbocycles. The summed E-state index contributed by atoms with van der Waals surface area (Å²) >= 11 is 0. The first-order valence-electron chi connectivity index (χ1n) is 5.40. The fourth-order valence-corrected chi connectivity index (χ4v) is 2.32. The van der Waals surface area contributed by atoms with Gasteiger partial charge in [-0.25, -0.2) is 9.25 Å². The van der Waals surface area contributed by atoms with E-state index >= 15 is 0 Å². The van der Waals surface area contributed by atoms with Gasteiger partial charge >= 0.3 is 8.25 Å². The second kappa shape index (κ2) is 10.4. The van der Waals surface area contributed by atoms with Gasteiger partial charge in [0.15, 0.2) is 0 Å². The van der Waals surface area contributed by atoms with E-state index in [1.54, 1.807) is 10.1 Å². The van der Waals surface area contributed by atoms with Crippen LogP contribution in [-0.4, -0.2) is 62.7 Å². The van der Waals surface area contributed by atoms with Crippen molar-refractivity contribution in [1.29, 1.82) is 0 Å². The fourth-order valence-electron chi connectivity index (χ4n) is 1.50. The molecular formula is C8H19Cl2N2O5P. The van der Waals surface area contributed by atoms with E-state index in [4.69, 9.17) is 18.7 Å². The number of ether oxygens (including phenoxy) is 2. The molecule has 0 unspecified atom stereocenters. The van der Waals surface area contributed by atoms with Crippen LogP contribution in [-0.2, 0) is 23.3 Å². The molecule has 2 fully saturated rings. The zero-order chi connectivity index (χ0) is 11.2. The average molecular weight is 325 g/mol. The van der Waals surface area contributed by atoms with Gasteiger partial charge in [0.2, 0.25) is 0 Å². The molecule has 0 aromatic rings. The van der Waals surface area contributed by atoms with Crippen molar-refractivity contribution in [3.05, 3.63) is 0 Å². The van der Waals surface area contributed by atoms with Crippen molar-refractivity contribution in [2.24, 2.45) is 0 Å². The van der Waals surface area contributed by atoms with Crippen molar-refractivity contribution < 1.29 is 23.3 Å². The highest BCUT2D eigenvalue weighted by atomic mass is 35.5. The Kier molecular flexibility index (Phi) is 10.7. The predicted molar refractivity (Wildman–Crippen MR) is 70.5 cm³/mol. The molecule has 0 radical (unpaired) electrons. The topological polar surface area (TPSA) is 60.5 Å². The fraction of sp³-hybridized carbons (Fsp3) is 1.00. The number of rotatable bonds is 4. The van der Waals surface area contributed by atoms with E-state index in [0.717, 1.165) is 0 Å². The van der Waals surface area contributed by atoms with E-state index in [2.05, 4.69) is 0 Å². The number of hydrogen-bond donors (Lipinski definition) is 0. The smallest absolute Gasteiger partial charge is 0.352 e. The minimum absolute atomic E-state index is 0. The van der Waals surface area contributed by atoms with Crippen molar-refractivity contribution >= 4 is 33.1 Å². The summed E-state index contributed by atoms with van der Waals surface area (Å²) in [5.41, 5.74) is 0. The lowest BCUT2D eigenvalue weighted by molar-refractivity contribution is -0.159. The van der Waals surface area contributed by atoms with Crippen LogP contribution < -0.4 is 0 Å².